The van der Waals surface area contributed by atoms with Gasteiger partial charge in [0.25, 0.3) is 0 Å². The molecule has 3 amide bonds. The van der Waals surface area contributed by atoms with Crippen LogP contribution in [0.15, 0.2) is 18.2 Å². The van der Waals surface area contributed by atoms with Crippen LogP contribution in [0.3, 0.4) is 0 Å². The number of thiocarbonyl (C=S) groups is 1. The van der Waals surface area contributed by atoms with Gasteiger partial charge in [0.2, 0.25) is 17.7 Å². The van der Waals surface area contributed by atoms with Crippen molar-refractivity contribution < 1.29 is 14.4 Å². The van der Waals surface area contributed by atoms with E-state index in [9.17, 15) is 14.4 Å². The highest BCUT2D eigenvalue weighted by atomic mass is 35.5. The van der Waals surface area contributed by atoms with Gasteiger partial charge in [-0.25, -0.2) is 5.01 Å². The van der Waals surface area contributed by atoms with Gasteiger partial charge in [0.15, 0.2) is 5.11 Å². The SMILES string of the molecule is Cc1c(Cl)cccc1NC(=O)C1CC(=O)N2C(=S)NC(=O)C(C)(C)N12. The summed E-state index contributed by atoms with van der Waals surface area (Å²) >= 11 is 11.2. The minimum Gasteiger partial charge on any atom is -0.324 e. The van der Waals surface area contributed by atoms with Gasteiger partial charge in [-0.05, 0) is 50.7 Å². The summed E-state index contributed by atoms with van der Waals surface area (Å²) in [6, 6.07) is 4.34. The quantitative estimate of drug-likeness (QED) is 0.761. The highest BCUT2D eigenvalue weighted by molar-refractivity contribution is 7.80. The Morgan fingerprint density at radius 1 is 1.40 bits per heavy atom. The monoisotopic (exact) mass is 380 g/mol. The Morgan fingerprint density at radius 3 is 2.76 bits per heavy atom. The molecule has 0 aliphatic carbocycles. The Bertz CT molecular complexity index is 811. The van der Waals surface area contributed by atoms with Crippen LogP contribution < -0.4 is 10.6 Å². The van der Waals surface area contributed by atoms with Crippen LogP contribution in [0, 0.1) is 6.92 Å². The van der Waals surface area contributed by atoms with Crippen LogP contribution in [-0.2, 0) is 14.4 Å². The van der Waals surface area contributed by atoms with Gasteiger partial charge >= 0.3 is 0 Å². The molecule has 0 radical (unpaired) electrons. The van der Waals surface area contributed by atoms with Crippen molar-refractivity contribution in [3.05, 3.63) is 28.8 Å². The number of benzene rings is 1. The lowest BCUT2D eigenvalue weighted by molar-refractivity contribution is -0.154. The minimum absolute atomic E-state index is 0.0106. The van der Waals surface area contributed by atoms with Crippen LogP contribution in [0.25, 0.3) is 0 Å². The van der Waals surface area contributed by atoms with Gasteiger partial charge in [0, 0.05) is 10.7 Å². The number of nitrogens with one attached hydrogen (secondary N) is 2. The topological polar surface area (TPSA) is 81.8 Å². The summed E-state index contributed by atoms with van der Waals surface area (Å²) < 4.78 is 0. The second kappa shape index (κ2) is 6.05. The number of nitrogens with zero attached hydrogens (tertiary/aromatic N) is 2. The normalized spacial score (nSPS) is 22.6. The fraction of sp³-hybridized carbons (Fsp3) is 0.375. The van der Waals surface area contributed by atoms with Crippen LogP contribution in [-0.4, -0.2) is 44.4 Å². The first-order valence-electron chi connectivity index (χ1n) is 7.68. The Kier molecular flexibility index (Phi) is 4.30. The first-order chi connectivity index (χ1) is 11.6. The lowest BCUT2D eigenvalue weighted by Crippen LogP contribution is -2.71. The molecule has 0 spiro atoms. The predicted molar refractivity (Wildman–Crippen MR) is 96.7 cm³/mol. The van der Waals surface area contributed by atoms with Crippen molar-refractivity contribution in [3.63, 3.8) is 0 Å². The summed E-state index contributed by atoms with van der Waals surface area (Å²) in [5.41, 5.74) is 0.190. The van der Waals surface area contributed by atoms with E-state index in [-0.39, 0.29) is 23.3 Å². The zero-order chi connectivity index (χ0) is 18.5. The lowest BCUT2D eigenvalue weighted by atomic mass is 10.00. The van der Waals surface area contributed by atoms with E-state index in [0.29, 0.717) is 10.7 Å². The Balaban J connectivity index is 1.92. The van der Waals surface area contributed by atoms with Crippen molar-refractivity contribution in [3.8, 4) is 0 Å². The standard InChI is InChI=1S/C16H17ClN4O3S/c1-8-9(17)5-4-6-10(8)18-13(23)11-7-12(22)20-15(25)19-14(24)16(2,3)21(11)20/h4-6,11H,7H2,1-3H3,(H,18,23)(H,19,24,25). The van der Waals surface area contributed by atoms with E-state index in [1.165, 1.54) is 10.0 Å². The van der Waals surface area contributed by atoms with E-state index in [0.717, 1.165) is 5.56 Å². The third kappa shape index (κ3) is 2.80. The maximum absolute atomic E-state index is 12.8. The van der Waals surface area contributed by atoms with E-state index >= 15 is 0 Å². The molecule has 1 aromatic carbocycles. The molecule has 0 saturated carbocycles. The number of hydrogen-bond acceptors (Lipinski definition) is 5. The van der Waals surface area contributed by atoms with Crippen molar-refractivity contribution >= 4 is 52.3 Å². The molecule has 2 aliphatic rings. The van der Waals surface area contributed by atoms with E-state index in [4.69, 9.17) is 23.8 Å². The van der Waals surface area contributed by atoms with E-state index in [1.54, 1.807) is 39.0 Å². The molecular weight excluding hydrogens is 364 g/mol. The number of halogens is 1. The molecule has 2 N–H and O–H groups in total. The third-order valence-corrected chi connectivity index (χ3v) is 5.17. The lowest BCUT2D eigenvalue weighted by Gasteiger charge is -2.45. The second-order valence-electron chi connectivity index (χ2n) is 6.49. The molecular formula is C16H17ClN4O3S. The van der Waals surface area contributed by atoms with Gasteiger partial charge in [0.1, 0.15) is 11.6 Å². The molecule has 0 bridgehead atoms. The number of carbonyl (C=O) groups is 3. The zero-order valence-electron chi connectivity index (χ0n) is 13.9. The summed E-state index contributed by atoms with van der Waals surface area (Å²) in [5.74, 6) is -1.09. The van der Waals surface area contributed by atoms with Crippen LogP contribution in [0.2, 0.25) is 5.02 Å². The summed E-state index contributed by atoms with van der Waals surface area (Å²) in [7, 11) is 0. The fourth-order valence-electron chi connectivity index (χ4n) is 3.02. The average molecular weight is 381 g/mol. The Morgan fingerprint density at radius 2 is 2.08 bits per heavy atom. The van der Waals surface area contributed by atoms with E-state index in [1.807, 2.05) is 0 Å². The first kappa shape index (κ1) is 17.8. The van der Waals surface area contributed by atoms with Crippen LogP contribution >= 0.6 is 23.8 Å². The molecule has 2 aliphatic heterocycles. The smallest absolute Gasteiger partial charge is 0.248 e. The second-order valence-corrected chi connectivity index (χ2v) is 7.28. The fourth-order valence-corrected chi connectivity index (χ4v) is 3.48. The van der Waals surface area contributed by atoms with Gasteiger partial charge in [-0.15, -0.1) is 0 Å². The highest BCUT2D eigenvalue weighted by Crippen LogP contribution is 2.33. The number of hydrazine groups is 1. The maximum Gasteiger partial charge on any atom is 0.248 e. The van der Waals surface area contributed by atoms with Crippen molar-refractivity contribution in [1.29, 1.82) is 0 Å². The molecule has 25 heavy (non-hydrogen) atoms. The first-order valence-corrected chi connectivity index (χ1v) is 8.47. The van der Waals surface area contributed by atoms with Crippen molar-refractivity contribution in [2.45, 2.75) is 38.8 Å². The van der Waals surface area contributed by atoms with Gasteiger partial charge in [-0.2, -0.15) is 5.01 Å². The van der Waals surface area contributed by atoms with Crippen LogP contribution in [0.1, 0.15) is 25.8 Å². The van der Waals surface area contributed by atoms with Gasteiger partial charge in [-0.1, -0.05) is 17.7 Å². The summed E-state index contributed by atoms with van der Waals surface area (Å²) in [4.78, 5) is 37.4. The van der Waals surface area contributed by atoms with Crippen molar-refractivity contribution in [1.82, 2.24) is 15.3 Å². The molecule has 0 aromatic heterocycles. The molecule has 2 fully saturated rings. The summed E-state index contributed by atoms with van der Waals surface area (Å²) in [6.45, 7) is 5.07. The number of anilines is 1. The molecule has 7 nitrogen and oxygen atoms in total. The molecule has 2 saturated heterocycles. The summed E-state index contributed by atoms with van der Waals surface area (Å²) in [6.07, 6.45) is -0.0655. The maximum atomic E-state index is 12.8. The Labute approximate surface area is 155 Å². The van der Waals surface area contributed by atoms with Crippen LogP contribution in [0.4, 0.5) is 5.69 Å². The third-order valence-electron chi connectivity index (χ3n) is 4.48. The molecule has 132 valence electrons. The average Bonchev–Trinajstić information content (AvgIpc) is 2.89. The number of rotatable bonds is 2. The Hall–Kier alpha value is -2.03. The number of hydrogen-bond donors (Lipinski definition) is 2. The van der Waals surface area contributed by atoms with Gasteiger partial charge in [-0.3, -0.25) is 19.7 Å². The molecule has 9 heteroatoms. The largest absolute Gasteiger partial charge is 0.324 e. The minimum atomic E-state index is -1.10. The molecule has 2 heterocycles. The number of amides is 3. The van der Waals surface area contributed by atoms with Gasteiger partial charge in [0.05, 0.1) is 6.42 Å². The zero-order valence-corrected chi connectivity index (χ0v) is 15.5. The van der Waals surface area contributed by atoms with Crippen molar-refractivity contribution in [2.24, 2.45) is 0 Å². The summed E-state index contributed by atoms with van der Waals surface area (Å²) in [5, 5.41) is 8.47. The van der Waals surface area contributed by atoms with Crippen molar-refractivity contribution in [2.75, 3.05) is 5.32 Å². The van der Waals surface area contributed by atoms with Crippen LogP contribution in [0.5, 0.6) is 0 Å². The molecule has 1 unspecified atom stereocenters. The predicted octanol–water partition coefficient (Wildman–Crippen LogP) is 1.60. The number of carbonyl (C=O) groups excluding carboxylic acids is 3. The van der Waals surface area contributed by atoms with E-state index < -0.39 is 17.5 Å². The molecule has 1 aromatic rings. The molecule has 1 atom stereocenters. The highest BCUT2D eigenvalue weighted by Gasteiger charge is 2.56. The molecule has 3 rings (SSSR count). The van der Waals surface area contributed by atoms with Gasteiger partial charge < -0.3 is 5.32 Å². The number of fused-ring (bicyclic) bond motifs is 1. The van der Waals surface area contributed by atoms with E-state index in [2.05, 4.69) is 10.6 Å².